The van der Waals surface area contributed by atoms with Gasteiger partial charge in [0.2, 0.25) is 0 Å². The molecule has 0 aliphatic carbocycles. The highest BCUT2D eigenvalue weighted by Crippen LogP contribution is 2.28. The Labute approximate surface area is 120 Å². The number of nitrogens with one attached hydrogen (secondary N) is 1. The van der Waals surface area contributed by atoms with E-state index in [1.807, 2.05) is 54.6 Å². The molecule has 0 radical (unpaired) electrons. The Morgan fingerprint density at radius 3 is 2.37 bits per heavy atom. The molecule has 3 rings (SSSR count). The summed E-state index contributed by atoms with van der Waals surface area (Å²) in [4.78, 5) is 0. The van der Waals surface area contributed by atoms with Crippen LogP contribution in [-0.4, -0.2) is 8.75 Å². The van der Waals surface area contributed by atoms with Crippen LogP contribution in [0.4, 0.5) is 11.5 Å². The molecule has 1 N–H and O–H groups in total. The quantitative estimate of drug-likeness (QED) is 0.765. The van der Waals surface area contributed by atoms with Crippen molar-refractivity contribution in [3.05, 3.63) is 59.6 Å². The van der Waals surface area contributed by atoms with Crippen molar-refractivity contribution in [2.45, 2.75) is 0 Å². The maximum Gasteiger partial charge on any atom is 0.172 e. The average molecular weight is 288 g/mol. The van der Waals surface area contributed by atoms with E-state index in [1.54, 1.807) is 0 Å². The van der Waals surface area contributed by atoms with Gasteiger partial charge >= 0.3 is 0 Å². The van der Waals surface area contributed by atoms with Gasteiger partial charge in [0.1, 0.15) is 5.69 Å². The molecular weight excluding hydrogens is 278 g/mol. The second-order valence-corrected chi connectivity index (χ2v) is 4.92. The van der Waals surface area contributed by atoms with Gasteiger partial charge < -0.3 is 5.32 Å². The summed E-state index contributed by atoms with van der Waals surface area (Å²) in [7, 11) is 0. The van der Waals surface area contributed by atoms with Crippen LogP contribution in [0.1, 0.15) is 0 Å². The smallest absolute Gasteiger partial charge is 0.172 e. The lowest BCUT2D eigenvalue weighted by Crippen LogP contribution is -1.92. The molecule has 5 heteroatoms. The highest BCUT2D eigenvalue weighted by Gasteiger charge is 2.10. The van der Waals surface area contributed by atoms with E-state index in [2.05, 4.69) is 14.1 Å². The first kappa shape index (κ1) is 12.1. The van der Waals surface area contributed by atoms with E-state index < -0.39 is 0 Å². The maximum atomic E-state index is 5.87. The van der Waals surface area contributed by atoms with E-state index in [9.17, 15) is 0 Å². The minimum Gasteiger partial charge on any atom is -0.338 e. The molecule has 0 unspecified atom stereocenters. The highest BCUT2D eigenvalue weighted by molar-refractivity contribution is 6.99. The largest absolute Gasteiger partial charge is 0.338 e. The number of aromatic nitrogens is 2. The summed E-state index contributed by atoms with van der Waals surface area (Å²) in [6.45, 7) is 0. The van der Waals surface area contributed by atoms with Gasteiger partial charge in [-0.05, 0) is 24.3 Å². The molecule has 94 valence electrons. The number of nitrogens with zero attached hydrogens (tertiary/aromatic N) is 2. The lowest BCUT2D eigenvalue weighted by atomic mass is 10.1. The molecule has 19 heavy (non-hydrogen) atoms. The zero-order chi connectivity index (χ0) is 13.1. The summed E-state index contributed by atoms with van der Waals surface area (Å²) in [6, 6.07) is 17.5. The van der Waals surface area contributed by atoms with Crippen molar-refractivity contribution in [1.82, 2.24) is 8.75 Å². The number of rotatable bonds is 3. The lowest BCUT2D eigenvalue weighted by molar-refractivity contribution is 1.44. The van der Waals surface area contributed by atoms with E-state index in [-0.39, 0.29) is 0 Å². The van der Waals surface area contributed by atoms with Gasteiger partial charge in [0.15, 0.2) is 5.82 Å². The van der Waals surface area contributed by atoms with Crippen LogP contribution in [0.25, 0.3) is 11.3 Å². The number of hydrogen-bond acceptors (Lipinski definition) is 4. The molecular formula is C14H10ClN3S. The van der Waals surface area contributed by atoms with Gasteiger partial charge in [0, 0.05) is 16.3 Å². The Hall–Kier alpha value is -1.91. The third-order valence-corrected chi connectivity index (χ3v) is 3.42. The van der Waals surface area contributed by atoms with Crippen LogP contribution in [0.5, 0.6) is 0 Å². The molecule has 0 spiro atoms. The van der Waals surface area contributed by atoms with E-state index >= 15 is 0 Å². The molecule has 1 aromatic heterocycles. The molecule has 1 heterocycles. The van der Waals surface area contributed by atoms with Crippen LogP contribution in [0.15, 0.2) is 54.6 Å². The second-order valence-electron chi connectivity index (χ2n) is 3.96. The Morgan fingerprint density at radius 1 is 0.895 bits per heavy atom. The van der Waals surface area contributed by atoms with Crippen LogP contribution in [-0.2, 0) is 0 Å². The predicted molar refractivity (Wildman–Crippen MR) is 80.1 cm³/mol. The normalized spacial score (nSPS) is 10.4. The van der Waals surface area contributed by atoms with Gasteiger partial charge in [-0.1, -0.05) is 41.9 Å². The molecule has 0 aliphatic rings. The fourth-order valence-corrected chi connectivity index (χ4v) is 2.38. The first-order valence-corrected chi connectivity index (χ1v) is 6.84. The summed E-state index contributed by atoms with van der Waals surface area (Å²) >= 11 is 7.06. The lowest BCUT2D eigenvalue weighted by Gasteiger charge is -2.05. The standard InChI is InChI=1S/C14H10ClN3S/c15-11-6-8-12(9-7-11)16-14-13(17-19-18-14)10-4-2-1-3-5-10/h1-9H,(H,16,18). The van der Waals surface area contributed by atoms with Gasteiger partial charge in [0.25, 0.3) is 0 Å². The summed E-state index contributed by atoms with van der Waals surface area (Å²) < 4.78 is 8.64. The van der Waals surface area contributed by atoms with Crippen molar-refractivity contribution < 1.29 is 0 Å². The van der Waals surface area contributed by atoms with Crippen molar-refractivity contribution in [2.75, 3.05) is 5.32 Å². The molecule has 0 fully saturated rings. The highest BCUT2D eigenvalue weighted by atomic mass is 35.5. The van der Waals surface area contributed by atoms with Gasteiger partial charge in [-0.25, -0.2) is 0 Å². The Balaban J connectivity index is 1.91. The minimum atomic E-state index is 0.713. The van der Waals surface area contributed by atoms with E-state index in [1.165, 1.54) is 11.7 Å². The fourth-order valence-electron chi connectivity index (χ4n) is 1.73. The second kappa shape index (κ2) is 5.38. The Bertz CT molecular complexity index is 665. The summed E-state index contributed by atoms with van der Waals surface area (Å²) in [5.74, 6) is 0.763. The fraction of sp³-hybridized carbons (Fsp3) is 0. The van der Waals surface area contributed by atoms with Crippen LogP contribution in [0.2, 0.25) is 5.02 Å². The molecule has 2 aromatic carbocycles. The van der Waals surface area contributed by atoms with Gasteiger partial charge in [-0.3, -0.25) is 0 Å². The molecule has 0 aliphatic heterocycles. The van der Waals surface area contributed by atoms with Gasteiger partial charge in [-0.2, -0.15) is 8.75 Å². The number of anilines is 2. The van der Waals surface area contributed by atoms with Crippen LogP contribution in [0, 0.1) is 0 Å². The summed E-state index contributed by atoms with van der Waals surface area (Å²) in [6.07, 6.45) is 0. The Morgan fingerprint density at radius 2 is 1.63 bits per heavy atom. The van der Waals surface area contributed by atoms with E-state index in [0.717, 1.165) is 22.8 Å². The molecule has 0 saturated heterocycles. The molecule has 3 aromatic rings. The van der Waals surface area contributed by atoms with E-state index in [0.29, 0.717) is 5.02 Å². The average Bonchev–Trinajstić information content (AvgIpc) is 2.90. The first-order valence-electron chi connectivity index (χ1n) is 5.73. The van der Waals surface area contributed by atoms with Crippen molar-refractivity contribution in [3.63, 3.8) is 0 Å². The molecule has 0 atom stereocenters. The number of hydrogen-bond donors (Lipinski definition) is 1. The van der Waals surface area contributed by atoms with Gasteiger partial charge in [0.05, 0.1) is 11.7 Å². The van der Waals surface area contributed by atoms with Crippen molar-refractivity contribution >= 4 is 34.8 Å². The topological polar surface area (TPSA) is 37.8 Å². The molecule has 0 amide bonds. The predicted octanol–water partition coefficient (Wildman–Crippen LogP) is 4.60. The summed E-state index contributed by atoms with van der Waals surface area (Å²) in [5.41, 5.74) is 2.85. The molecule has 3 nitrogen and oxygen atoms in total. The number of benzene rings is 2. The molecule has 0 saturated carbocycles. The monoisotopic (exact) mass is 287 g/mol. The zero-order valence-electron chi connectivity index (χ0n) is 9.88. The third kappa shape index (κ3) is 2.75. The van der Waals surface area contributed by atoms with E-state index in [4.69, 9.17) is 11.6 Å². The minimum absolute atomic E-state index is 0.713. The van der Waals surface area contributed by atoms with Crippen molar-refractivity contribution in [1.29, 1.82) is 0 Å². The van der Waals surface area contributed by atoms with Crippen LogP contribution in [0.3, 0.4) is 0 Å². The molecule has 0 bridgehead atoms. The van der Waals surface area contributed by atoms with Gasteiger partial charge in [-0.15, -0.1) is 0 Å². The van der Waals surface area contributed by atoms with Crippen LogP contribution < -0.4 is 5.32 Å². The maximum absolute atomic E-state index is 5.87. The zero-order valence-corrected chi connectivity index (χ0v) is 11.4. The van der Waals surface area contributed by atoms with Crippen molar-refractivity contribution in [2.24, 2.45) is 0 Å². The summed E-state index contributed by atoms with van der Waals surface area (Å²) in [5, 5.41) is 3.97. The number of halogens is 1. The van der Waals surface area contributed by atoms with Crippen LogP contribution >= 0.6 is 23.3 Å². The Kier molecular flexibility index (Phi) is 3.44. The first-order chi connectivity index (χ1) is 9.33. The third-order valence-electron chi connectivity index (χ3n) is 2.64. The SMILES string of the molecule is Clc1ccc(Nc2nsnc2-c2ccccc2)cc1. The van der Waals surface area contributed by atoms with Crippen molar-refractivity contribution in [3.8, 4) is 11.3 Å².